The molecule has 1 heterocycles. The quantitative estimate of drug-likeness (QED) is 0.799. The molecule has 1 atom stereocenters. The van der Waals surface area contributed by atoms with Gasteiger partial charge in [-0.15, -0.1) is 17.9 Å². The largest absolute Gasteiger partial charge is 0.395 e. The standard InChI is InChI=1S/C15H16OS/c1-2-15(12-16,14-9-6-10-17-14)11-13-7-4-3-5-8-13/h2-10,16H,1,11-12H2. The maximum atomic E-state index is 9.75. The average Bonchev–Trinajstić information content (AvgIpc) is 2.92. The molecule has 1 unspecified atom stereocenters. The highest BCUT2D eigenvalue weighted by molar-refractivity contribution is 7.10. The van der Waals surface area contributed by atoms with Gasteiger partial charge in [0.15, 0.2) is 0 Å². The van der Waals surface area contributed by atoms with E-state index in [-0.39, 0.29) is 12.0 Å². The van der Waals surface area contributed by atoms with Crippen LogP contribution in [0.3, 0.4) is 0 Å². The highest BCUT2D eigenvalue weighted by Gasteiger charge is 2.29. The molecule has 0 spiro atoms. The van der Waals surface area contributed by atoms with Gasteiger partial charge in [-0.2, -0.15) is 0 Å². The molecule has 2 heteroatoms. The Morgan fingerprint density at radius 2 is 1.94 bits per heavy atom. The lowest BCUT2D eigenvalue weighted by Gasteiger charge is -2.27. The van der Waals surface area contributed by atoms with Gasteiger partial charge in [-0.25, -0.2) is 0 Å². The molecular weight excluding hydrogens is 228 g/mol. The van der Waals surface area contributed by atoms with Crippen molar-refractivity contribution in [2.45, 2.75) is 11.8 Å². The van der Waals surface area contributed by atoms with Crippen LogP contribution >= 0.6 is 11.3 Å². The van der Waals surface area contributed by atoms with E-state index < -0.39 is 0 Å². The van der Waals surface area contributed by atoms with Gasteiger partial charge in [0.05, 0.1) is 6.61 Å². The smallest absolute Gasteiger partial charge is 0.0573 e. The second-order valence-corrected chi connectivity index (χ2v) is 5.11. The molecule has 1 aromatic carbocycles. The number of aliphatic hydroxyl groups is 1. The van der Waals surface area contributed by atoms with Crippen LogP contribution in [0, 0.1) is 0 Å². The Hall–Kier alpha value is -1.38. The number of benzene rings is 1. The molecular formula is C15H16OS. The predicted molar refractivity (Wildman–Crippen MR) is 73.4 cm³/mol. The topological polar surface area (TPSA) is 20.2 Å². The molecule has 2 aromatic rings. The number of hydrogen-bond donors (Lipinski definition) is 1. The molecule has 0 aliphatic carbocycles. The molecule has 0 radical (unpaired) electrons. The summed E-state index contributed by atoms with van der Waals surface area (Å²) in [5, 5.41) is 11.8. The van der Waals surface area contributed by atoms with Crippen LogP contribution in [0.1, 0.15) is 10.4 Å². The van der Waals surface area contributed by atoms with E-state index in [1.54, 1.807) is 11.3 Å². The van der Waals surface area contributed by atoms with Gasteiger partial charge >= 0.3 is 0 Å². The van der Waals surface area contributed by atoms with Crippen LogP contribution in [0.4, 0.5) is 0 Å². The van der Waals surface area contributed by atoms with Gasteiger partial charge in [-0.1, -0.05) is 42.5 Å². The van der Waals surface area contributed by atoms with Crippen molar-refractivity contribution in [3.63, 3.8) is 0 Å². The third kappa shape index (κ3) is 2.48. The minimum absolute atomic E-state index is 0.0892. The lowest BCUT2D eigenvalue weighted by molar-refractivity contribution is 0.226. The van der Waals surface area contributed by atoms with Crippen molar-refractivity contribution < 1.29 is 5.11 Å². The van der Waals surface area contributed by atoms with Crippen LogP contribution in [-0.4, -0.2) is 11.7 Å². The fourth-order valence-corrected chi connectivity index (χ4v) is 2.90. The number of rotatable bonds is 5. The van der Waals surface area contributed by atoms with Crippen LogP contribution in [0.25, 0.3) is 0 Å². The van der Waals surface area contributed by atoms with E-state index in [1.807, 2.05) is 35.7 Å². The Morgan fingerprint density at radius 1 is 1.18 bits per heavy atom. The molecule has 1 N–H and O–H groups in total. The zero-order chi connectivity index (χ0) is 12.1. The summed E-state index contributed by atoms with van der Waals surface area (Å²) in [4.78, 5) is 1.17. The van der Waals surface area contributed by atoms with E-state index in [2.05, 4.69) is 24.8 Å². The van der Waals surface area contributed by atoms with Crippen LogP contribution in [0.15, 0.2) is 60.5 Å². The fraction of sp³-hybridized carbons (Fsp3) is 0.200. The Balaban J connectivity index is 2.33. The van der Waals surface area contributed by atoms with Crippen molar-refractivity contribution in [1.29, 1.82) is 0 Å². The van der Waals surface area contributed by atoms with E-state index in [1.165, 1.54) is 10.4 Å². The van der Waals surface area contributed by atoms with Crippen molar-refractivity contribution in [3.8, 4) is 0 Å². The van der Waals surface area contributed by atoms with Crippen LogP contribution in [0.5, 0.6) is 0 Å². The molecule has 0 aliphatic rings. The molecule has 1 aromatic heterocycles. The van der Waals surface area contributed by atoms with E-state index in [0.717, 1.165) is 6.42 Å². The van der Waals surface area contributed by atoms with Crippen molar-refractivity contribution in [3.05, 3.63) is 70.9 Å². The molecule has 0 bridgehead atoms. The second-order valence-electron chi connectivity index (χ2n) is 4.16. The van der Waals surface area contributed by atoms with Crippen molar-refractivity contribution in [2.24, 2.45) is 0 Å². The summed E-state index contributed by atoms with van der Waals surface area (Å²) in [6, 6.07) is 14.3. The van der Waals surface area contributed by atoms with Crippen LogP contribution in [0.2, 0.25) is 0 Å². The van der Waals surface area contributed by atoms with Crippen molar-refractivity contribution in [2.75, 3.05) is 6.61 Å². The monoisotopic (exact) mass is 244 g/mol. The molecule has 0 fully saturated rings. The van der Waals surface area contributed by atoms with E-state index in [4.69, 9.17) is 0 Å². The molecule has 2 rings (SSSR count). The second kappa shape index (κ2) is 5.30. The summed E-state index contributed by atoms with van der Waals surface area (Å²) in [6.45, 7) is 3.99. The van der Waals surface area contributed by atoms with Gasteiger partial charge in [-0.05, 0) is 23.4 Å². The lowest BCUT2D eigenvalue weighted by atomic mass is 9.81. The first-order valence-corrected chi connectivity index (χ1v) is 6.51. The third-order valence-electron chi connectivity index (χ3n) is 3.05. The van der Waals surface area contributed by atoms with E-state index in [0.29, 0.717) is 0 Å². The first kappa shape index (κ1) is 12.1. The Kier molecular flexibility index (Phi) is 3.77. The third-order valence-corrected chi connectivity index (χ3v) is 4.14. The summed E-state index contributed by atoms with van der Waals surface area (Å²) in [5.41, 5.74) is 0.866. The molecule has 0 aliphatic heterocycles. The fourth-order valence-electron chi connectivity index (χ4n) is 1.98. The van der Waals surface area contributed by atoms with Gasteiger partial charge < -0.3 is 5.11 Å². The number of hydrogen-bond acceptors (Lipinski definition) is 2. The molecule has 1 nitrogen and oxygen atoms in total. The summed E-state index contributed by atoms with van der Waals surface area (Å²) in [6.07, 6.45) is 2.65. The normalized spacial score (nSPS) is 14.2. The number of thiophene rings is 1. The SMILES string of the molecule is C=CC(CO)(Cc1ccccc1)c1cccs1. The highest BCUT2D eigenvalue weighted by atomic mass is 32.1. The summed E-state index contributed by atoms with van der Waals surface area (Å²) >= 11 is 1.67. The maximum absolute atomic E-state index is 9.75. The molecule has 0 saturated heterocycles. The van der Waals surface area contributed by atoms with Gasteiger partial charge in [-0.3, -0.25) is 0 Å². The average molecular weight is 244 g/mol. The Labute approximate surface area is 106 Å². The first-order valence-electron chi connectivity index (χ1n) is 5.63. The predicted octanol–water partition coefficient (Wildman–Crippen LogP) is 3.41. The van der Waals surface area contributed by atoms with Gasteiger partial charge in [0.2, 0.25) is 0 Å². The van der Waals surface area contributed by atoms with Gasteiger partial charge in [0.25, 0.3) is 0 Å². The van der Waals surface area contributed by atoms with E-state index >= 15 is 0 Å². The molecule has 0 amide bonds. The maximum Gasteiger partial charge on any atom is 0.0573 e. The molecule has 88 valence electrons. The van der Waals surface area contributed by atoms with Gasteiger partial charge in [0, 0.05) is 10.3 Å². The minimum Gasteiger partial charge on any atom is -0.395 e. The Morgan fingerprint density at radius 3 is 2.47 bits per heavy atom. The zero-order valence-electron chi connectivity index (χ0n) is 9.67. The van der Waals surface area contributed by atoms with E-state index in [9.17, 15) is 5.11 Å². The highest BCUT2D eigenvalue weighted by Crippen LogP contribution is 2.32. The van der Waals surface area contributed by atoms with Crippen LogP contribution < -0.4 is 0 Å². The minimum atomic E-state index is -0.352. The molecule has 0 saturated carbocycles. The summed E-state index contributed by atoms with van der Waals surface area (Å²) in [7, 11) is 0. The first-order chi connectivity index (χ1) is 8.30. The van der Waals surface area contributed by atoms with Crippen molar-refractivity contribution >= 4 is 11.3 Å². The number of aliphatic hydroxyl groups excluding tert-OH is 1. The summed E-state index contributed by atoms with van der Waals surface area (Å²) in [5.74, 6) is 0. The van der Waals surface area contributed by atoms with Crippen molar-refractivity contribution in [1.82, 2.24) is 0 Å². The molecule has 17 heavy (non-hydrogen) atoms. The zero-order valence-corrected chi connectivity index (χ0v) is 10.5. The van der Waals surface area contributed by atoms with Crippen LogP contribution in [-0.2, 0) is 11.8 Å². The van der Waals surface area contributed by atoms with Gasteiger partial charge in [0.1, 0.15) is 0 Å². The summed E-state index contributed by atoms with van der Waals surface area (Å²) < 4.78 is 0. The lowest BCUT2D eigenvalue weighted by Crippen LogP contribution is -2.29. The Bertz CT molecular complexity index is 461.